The van der Waals surface area contributed by atoms with Gasteiger partial charge in [0.1, 0.15) is 18.2 Å². The Labute approximate surface area is 136 Å². The summed E-state index contributed by atoms with van der Waals surface area (Å²) >= 11 is 6.30. The molecule has 0 atom stereocenters. The minimum atomic E-state index is 0.466. The van der Waals surface area contributed by atoms with Gasteiger partial charge in [0.25, 0.3) is 0 Å². The third-order valence-electron chi connectivity index (χ3n) is 3.11. The quantitative estimate of drug-likeness (QED) is 0.792. The summed E-state index contributed by atoms with van der Waals surface area (Å²) in [7, 11) is 1.63. The number of benzene rings is 1. The van der Waals surface area contributed by atoms with E-state index in [1.54, 1.807) is 7.11 Å². The Bertz CT molecular complexity index is 626. The summed E-state index contributed by atoms with van der Waals surface area (Å²) in [5, 5.41) is 4.90. The number of nitrogens with two attached hydrogens (primary N) is 1. The lowest BCUT2D eigenvalue weighted by Gasteiger charge is -2.12. The van der Waals surface area contributed by atoms with Crippen LogP contribution in [0.4, 0.5) is 5.82 Å². The fourth-order valence-corrected chi connectivity index (χ4v) is 2.40. The van der Waals surface area contributed by atoms with E-state index in [0.717, 1.165) is 17.8 Å². The van der Waals surface area contributed by atoms with Gasteiger partial charge in [0, 0.05) is 25.3 Å². The first kappa shape index (κ1) is 16.6. The third kappa shape index (κ3) is 4.15. The van der Waals surface area contributed by atoms with Gasteiger partial charge in [-0.25, -0.2) is 0 Å². The Morgan fingerprint density at radius 2 is 2.05 bits per heavy atom. The van der Waals surface area contributed by atoms with Crippen LogP contribution < -0.4 is 10.5 Å². The minimum absolute atomic E-state index is 0.466. The van der Waals surface area contributed by atoms with Gasteiger partial charge >= 0.3 is 0 Å². The van der Waals surface area contributed by atoms with Crippen molar-refractivity contribution < 1.29 is 9.47 Å². The Morgan fingerprint density at radius 3 is 2.68 bits per heavy atom. The van der Waals surface area contributed by atoms with E-state index < -0.39 is 0 Å². The molecule has 0 saturated carbocycles. The van der Waals surface area contributed by atoms with E-state index in [1.165, 1.54) is 0 Å². The molecule has 0 amide bonds. The van der Waals surface area contributed by atoms with Gasteiger partial charge in [-0.05, 0) is 24.1 Å². The maximum Gasteiger partial charge on any atom is 0.146 e. The Kier molecular flexibility index (Phi) is 5.69. The molecule has 0 aliphatic carbocycles. The van der Waals surface area contributed by atoms with E-state index in [9.17, 15) is 0 Å². The van der Waals surface area contributed by atoms with Gasteiger partial charge in [-0.15, -0.1) is 0 Å². The molecule has 0 spiro atoms. The van der Waals surface area contributed by atoms with Crippen molar-refractivity contribution in [3.63, 3.8) is 0 Å². The fraction of sp³-hybridized carbons (Fsp3) is 0.438. The maximum absolute atomic E-state index is 6.30. The molecule has 2 rings (SSSR count). The highest BCUT2D eigenvalue weighted by molar-refractivity contribution is 6.32. The number of hydrogen-bond acceptors (Lipinski definition) is 4. The van der Waals surface area contributed by atoms with Crippen LogP contribution in [-0.4, -0.2) is 30.1 Å². The van der Waals surface area contributed by atoms with E-state index in [-0.39, 0.29) is 0 Å². The molecule has 1 heterocycles. The summed E-state index contributed by atoms with van der Waals surface area (Å²) in [6, 6.07) is 7.55. The van der Waals surface area contributed by atoms with Crippen molar-refractivity contribution in [1.82, 2.24) is 9.78 Å². The van der Waals surface area contributed by atoms with E-state index >= 15 is 0 Å². The lowest BCUT2D eigenvalue weighted by atomic mass is 10.1. The monoisotopic (exact) mass is 323 g/mol. The number of aromatic nitrogens is 2. The summed E-state index contributed by atoms with van der Waals surface area (Å²) in [6.45, 7) is 6.07. The van der Waals surface area contributed by atoms with Crippen LogP contribution in [0.25, 0.3) is 11.3 Å². The highest BCUT2D eigenvalue weighted by atomic mass is 35.5. The molecular weight excluding hydrogens is 302 g/mol. The largest absolute Gasteiger partial charge is 0.490 e. The van der Waals surface area contributed by atoms with Gasteiger partial charge < -0.3 is 15.2 Å². The molecule has 1 aromatic heterocycles. The second kappa shape index (κ2) is 7.51. The molecule has 120 valence electrons. The maximum atomic E-state index is 6.30. The number of nitrogen functional groups attached to an aromatic ring is 1. The van der Waals surface area contributed by atoms with Gasteiger partial charge in [0.2, 0.25) is 0 Å². The highest BCUT2D eigenvalue weighted by Gasteiger charge is 2.12. The van der Waals surface area contributed by atoms with Gasteiger partial charge in [0.05, 0.1) is 17.3 Å². The normalized spacial score (nSPS) is 11.1. The lowest BCUT2D eigenvalue weighted by molar-refractivity contribution is 0.146. The van der Waals surface area contributed by atoms with E-state index in [2.05, 4.69) is 18.9 Å². The number of halogens is 1. The summed E-state index contributed by atoms with van der Waals surface area (Å²) in [6.07, 6.45) is 0. The van der Waals surface area contributed by atoms with Crippen molar-refractivity contribution in [1.29, 1.82) is 0 Å². The van der Waals surface area contributed by atoms with Gasteiger partial charge in [-0.2, -0.15) is 5.10 Å². The summed E-state index contributed by atoms with van der Waals surface area (Å²) < 4.78 is 12.4. The Hall–Kier alpha value is -1.72. The zero-order valence-electron chi connectivity index (χ0n) is 13.2. The molecule has 2 N–H and O–H groups in total. The molecule has 0 radical (unpaired) electrons. The first-order chi connectivity index (χ1) is 10.5. The zero-order valence-corrected chi connectivity index (χ0v) is 13.9. The SMILES string of the molecule is COCCOc1ccc(-c2cc(N)nn2CC(C)C)cc1Cl. The number of ether oxygens (including phenoxy) is 2. The molecule has 0 aliphatic rings. The van der Waals surface area contributed by atoms with Crippen molar-refractivity contribution in [2.75, 3.05) is 26.1 Å². The second-order valence-electron chi connectivity index (χ2n) is 5.52. The van der Waals surface area contributed by atoms with Crippen LogP contribution in [0.2, 0.25) is 5.02 Å². The van der Waals surface area contributed by atoms with E-state index in [4.69, 9.17) is 26.8 Å². The average molecular weight is 324 g/mol. The van der Waals surface area contributed by atoms with Crippen LogP contribution in [0, 0.1) is 5.92 Å². The Balaban J connectivity index is 2.24. The van der Waals surface area contributed by atoms with Gasteiger partial charge in [-0.1, -0.05) is 25.4 Å². The van der Waals surface area contributed by atoms with E-state index in [1.807, 2.05) is 28.9 Å². The molecule has 2 aromatic rings. The molecular formula is C16H22ClN3O2. The predicted octanol–water partition coefficient (Wildman–Crippen LogP) is 3.47. The summed E-state index contributed by atoms with van der Waals surface area (Å²) in [5.74, 6) is 1.63. The smallest absolute Gasteiger partial charge is 0.146 e. The molecule has 1 aromatic carbocycles. The Morgan fingerprint density at radius 1 is 1.27 bits per heavy atom. The van der Waals surface area contributed by atoms with Crippen LogP contribution in [0.5, 0.6) is 5.75 Å². The molecule has 0 unspecified atom stereocenters. The number of methoxy groups -OCH3 is 1. The van der Waals surface area contributed by atoms with Crippen LogP contribution >= 0.6 is 11.6 Å². The minimum Gasteiger partial charge on any atom is -0.490 e. The zero-order chi connectivity index (χ0) is 16.1. The average Bonchev–Trinajstić information content (AvgIpc) is 2.80. The van der Waals surface area contributed by atoms with Crippen molar-refractivity contribution in [3.8, 4) is 17.0 Å². The number of hydrogen-bond donors (Lipinski definition) is 1. The van der Waals surface area contributed by atoms with Crippen molar-refractivity contribution >= 4 is 17.4 Å². The molecule has 0 aliphatic heterocycles. The molecule has 0 fully saturated rings. The summed E-state index contributed by atoms with van der Waals surface area (Å²) in [5.41, 5.74) is 7.76. The molecule has 22 heavy (non-hydrogen) atoms. The standard InChI is InChI=1S/C16H22ClN3O2/c1-11(2)10-20-14(9-16(18)19-20)12-4-5-15(13(17)8-12)22-7-6-21-3/h4-5,8-9,11H,6-7,10H2,1-3H3,(H2,18,19). The van der Waals surface area contributed by atoms with Crippen LogP contribution in [0.1, 0.15) is 13.8 Å². The first-order valence-electron chi connectivity index (χ1n) is 7.26. The first-order valence-corrected chi connectivity index (χ1v) is 7.64. The van der Waals surface area contributed by atoms with Crippen molar-refractivity contribution in [2.24, 2.45) is 5.92 Å². The fourth-order valence-electron chi connectivity index (χ4n) is 2.17. The van der Waals surface area contributed by atoms with Crippen molar-refractivity contribution in [2.45, 2.75) is 20.4 Å². The lowest BCUT2D eigenvalue weighted by Crippen LogP contribution is -2.08. The molecule has 0 saturated heterocycles. The van der Waals surface area contributed by atoms with Crippen LogP contribution in [-0.2, 0) is 11.3 Å². The van der Waals surface area contributed by atoms with Crippen molar-refractivity contribution in [3.05, 3.63) is 29.3 Å². The van der Waals surface area contributed by atoms with Crippen LogP contribution in [0.3, 0.4) is 0 Å². The van der Waals surface area contributed by atoms with Gasteiger partial charge in [-0.3, -0.25) is 4.68 Å². The number of nitrogens with zero attached hydrogens (tertiary/aromatic N) is 2. The predicted molar refractivity (Wildman–Crippen MR) is 89.3 cm³/mol. The molecule has 0 bridgehead atoms. The van der Waals surface area contributed by atoms with Gasteiger partial charge in [0.15, 0.2) is 0 Å². The van der Waals surface area contributed by atoms with Crippen LogP contribution in [0.15, 0.2) is 24.3 Å². The number of rotatable bonds is 7. The second-order valence-corrected chi connectivity index (χ2v) is 5.92. The topological polar surface area (TPSA) is 62.3 Å². The highest BCUT2D eigenvalue weighted by Crippen LogP contribution is 2.31. The molecule has 6 heteroatoms. The van der Waals surface area contributed by atoms with E-state index in [0.29, 0.717) is 35.7 Å². The third-order valence-corrected chi connectivity index (χ3v) is 3.40. The number of anilines is 1. The summed E-state index contributed by atoms with van der Waals surface area (Å²) in [4.78, 5) is 0. The molecule has 5 nitrogen and oxygen atoms in total.